The molecule has 1 aromatic heterocycles. The van der Waals surface area contributed by atoms with Gasteiger partial charge < -0.3 is 15.5 Å². The molecule has 0 aliphatic carbocycles. The number of nitrogens with two attached hydrogens (primary N) is 1. The zero-order valence-electron chi connectivity index (χ0n) is 13.0. The molecular formula is C19H15N3O2. The molecule has 0 radical (unpaired) electrons. The van der Waals surface area contributed by atoms with Crippen molar-refractivity contribution in [3.63, 3.8) is 0 Å². The second kappa shape index (κ2) is 6.31. The van der Waals surface area contributed by atoms with Crippen LogP contribution in [0.5, 0.6) is 5.75 Å². The molecular weight excluding hydrogens is 302 g/mol. The van der Waals surface area contributed by atoms with E-state index in [1.54, 1.807) is 37.6 Å². The topological polar surface area (TPSA) is 91.9 Å². The van der Waals surface area contributed by atoms with Gasteiger partial charge in [0.25, 0.3) is 0 Å². The third-order valence-electron chi connectivity index (χ3n) is 3.78. The predicted molar refractivity (Wildman–Crippen MR) is 93.3 cm³/mol. The van der Waals surface area contributed by atoms with Crippen LogP contribution < -0.4 is 10.5 Å². The summed E-state index contributed by atoms with van der Waals surface area (Å²) >= 11 is 0. The highest BCUT2D eigenvalue weighted by atomic mass is 16.5. The molecule has 0 aliphatic heterocycles. The minimum atomic E-state index is -0.499. The number of nitriles is 1. The van der Waals surface area contributed by atoms with Gasteiger partial charge in [-0.15, -0.1) is 0 Å². The van der Waals surface area contributed by atoms with E-state index in [9.17, 15) is 10.1 Å². The Morgan fingerprint density at radius 1 is 1.29 bits per heavy atom. The number of nitrogens with one attached hydrogen (secondary N) is 1. The summed E-state index contributed by atoms with van der Waals surface area (Å²) in [6.07, 6.45) is 3.52. The van der Waals surface area contributed by atoms with Gasteiger partial charge >= 0.3 is 0 Å². The van der Waals surface area contributed by atoms with E-state index in [0.29, 0.717) is 11.1 Å². The fourth-order valence-electron chi connectivity index (χ4n) is 2.57. The van der Waals surface area contributed by atoms with Crippen molar-refractivity contribution in [1.82, 2.24) is 4.98 Å². The van der Waals surface area contributed by atoms with Gasteiger partial charge in [0.2, 0.25) is 5.91 Å². The highest BCUT2D eigenvalue weighted by Crippen LogP contribution is 2.29. The van der Waals surface area contributed by atoms with Gasteiger partial charge in [-0.05, 0) is 42.0 Å². The minimum absolute atomic E-state index is 0.404. The molecule has 3 N–H and O–H groups in total. The van der Waals surface area contributed by atoms with Crippen LogP contribution in [0.4, 0.5) is 0 Å². The molecule has 0 fully saturated rings. The first-order valence-corrected chi connectivity index (χ1v) is 7.29. The van der Waals surface area contributed by atoms with Crippen molar-refractivity contribution < 1.29 is 9.53 Å². The van der Waals surface area contributed by atoms with E-state index in [2.05, 4.69) is 11.1 Å². The normalized spacial score (nSPS) is 11.2. The Morgan fingerprint density at radius 3 is 2.83 bits per heavy atom. The summed E-state index contributed by atoms with van der Waals surface area (Å²) in [4.78, 5) is 14.4. The first-order chi connectivity index (χ1) is 11.6. The highest BCUT2D eigenvalue weighted by molar-refractivity contribution is 6.02. The molecule has 1 amide bonds. The summed E-state index contributed by atoms with van der Waals surface area (Å²) in [5, 5.41) is 10.5. The molecule has 0 unspecified atom stereocenters. The summed E-state index contributed by atoms with van der Waals surface area (Å²) in [6, 6.07) is 14.7. The maximum atomic E-state index is 11.3. The minimum Gasteiger partial charge on any atom is -0.497 e. The summed E-state index contributed by atoms with van der Waals surface area (Å²) in [6.45, 7) is 0. The highest BCUT2D eigenvalue weighted by Gasteiger charge is 2.10. The van der Waals surface area contributed by atoms with Crippen LogP contribution in [0.25, 0.3) is 22.6 Å². The number of allylic oxidation sites excluding steroid dienone is 1. The van der Waals surface area contributed by atoms with E-state index >= 15 is 0 Å². The number of benzene rings is 2. The number of aromatic amines is 1. The quantitative estimate of drug-likeness (QED) is 0.723. The Kier molecular flexibility index (Phi) is 4.04. The molecule has 0 spiro atoms. The number of primary amides is 1. The predicted octanol–water partition coefficient (Wildman–Crippen LogP) is 3.34. The van der Waals surface area contributed by atoms with Crippen LogP contribution in [0.1, 0.15) is 21.5 Å². The molecule has 3 rings (SSSR count). The average molecular weight is 317 g/mol. The average Bonchev–Trinajstić information content (AvgIpc) is 3.02. The molecule has 0 atom stereocenters. The molecule has 1 heterocycles. The van der Waals surface area contributed by atoms with Crippen molar-refractivity contribution in [2.75, 3.05) is 7.11 Å². The number of hydrogen-bond acceptors (Lipinski definition) is 3. The first-order valence-electron chi connectivity index (χ1n) is 7.29. The molecule has 2 aromatic carbocycles. The lowest BCUT2D eigenvalue weighted by Gasteiger charge is -2.02. The number of nitrogens with zero attached hydrogens (tertiary/aromatic N) is 1. The van der Waals surface area contributed by atoms with Crippen LogP contribution in [-0.2, 0) is 0 Å². The van der Waals surface area contributed by atoms with Gasteiger partial charge in [0.05, 0.1) is 18.8 Å². The van der Waals surface area contributed by atoms with Crippen LogP contribution in [-0.4, -0.2) is 18.0 Å². The van der Waals surface area contributed by atoms with E-state index in [0.717, 1.165) is 27.8 Å². The molecule has 0 saturated heterocycles. The fourth-order valence-corrected chi connectivity index (χ4v) is 2.57. The molecule has 5 heteroatoms. The zero-order valence-corrected chi connectivity index (χ0v) is 13.0. The summed E-state index contributed by atoms with van der Waals surface area (Å²) in [5.41, 5.74) is 8.62. The third-order valence-corrected chi connectivity index (χ3v) is 3.78. The van der Waals surface area contributed by atoms with E-state index in [1.165, 1.54) is 0 Å². The molecule has 0 bridgehead atoms. The zero-order chi connectivity index (χ0) is 17.1. The lowest BCUT2D eigenvalue weighted by molar-refractivity contribution is 0.100. The Hall–Kier alpha value is -3.52. The van der Waals surface area contributed by atoms with Crippen LogP contribution in [0, 0.1) is 11.3 Å². The molecule has 5 nitrogen and oxygen atoms in total. The number of ether oxygens (including phenoxy) is 1. The van der Waals surface area contributed by atoms with Gasteiger partial charge in [0.1, 0.15) is 5.75 Å². The lowest BCUT2D eigenvalue weighted by atomic mass is 10.0. The summed E-state index contributed by atoms with van der Waals surface area (Å²) < 4.78 is 5.25. The Bertz CT molecular complexity index is 993. The van der Waals surface area contributed by atoms with E-state index < -0.39 is 5.91 Å². The van der Waals surface area contributed by atoms with Gasteiger partial charge in [0, 0.05) is 28.2 Å². The number of rotatable bonds is 4. The standard InChI is InChI=1S/C19H15N3O2/c1-24-15-5-6-18-16(9-15)17(11-22-18)14(10-20)8-12-3-2-4-13(7-12)19(21)23/h2-9,11,22H,1H3,(H2,21,23)/b14-8+. The van der Waals surface area contributed by atoms with Gasteiger partial charge in [-0.1, -0.05) is 12.1 Å². The fraction of sp³-hybridized carbons (Fsp3) is 0.0526. The number of aromatic nitrogens is 1. The number of methoxy groups -OCH3 is 1. The number of fused-ring (bicyclic) bond motifs is 1. The number of carbonyl (C=O) groups excluding carboxylic acids is 1. The third kappa shape index (κ3) is 2.85. The number of carbonyl (C=O) groups is 1. The Balaban J connectivity index is 2.11. The summed E-state index contributed by atoms with van der Waals surface area (Å²) in [7, 11) is 1.60. The van der Waals surface area contributed by atoms with Crippen molar-refractivity contribution in [3.05, 3.63) is 65.4 Å². The largest absolute Gasteiger partial charge is 0.497 e. The monoisotopic (exact) mass is 317 g/mol. The van der Waals surface area contributed by atoms with Crippen molar-refractivity contribution in [3.8, 4) is 11.8 Å². The molecule has 0 saturated carbocycles. The first kappa shape index (κ1) is 15.4. The van der Waals surface area contributed by atoms with Crippen LogP contribution in [0.3, 0.4) is 0 Å². The van der Waals surface area contributed by atoms with Gasteiger partial charge in [-0.3, -0.25) is 4.79 Å². The molecule has 0 aliphatic rings. The molecule has 118 valence electrons. The number of hydrogen-bond donors (Lipinski definition) is 2. The van der Waals surface area contributed by atoms with Crippen LogP contribution >= 0.6 is 0 Å². The van der Waals surface area contributed by atoms with E-state index in [4.69, 9.17) is 10.5 Å². The van der Waals surface area contributed by atoms with Crippen molar-refractivity contribution in [2.24, 2.45) is 5.73 Å². The Morgan fingerprint density at radius 2 is 2.12 bits per heavy atom. The second-order valence-corrected chi connectivity index (χ2v) is 5.27. The van der Waals surface area contributed by atoms with Crippen molar-refractivity contribution in [2.45, 2.75) is 0 Å². The van der Waals surface area contributed by atoms with Gasteiger partial charge in [-0.25, -0.2) is 0 Å². The maximum Gasteiger partial charge on any atom is 0.248 e. The Labute approximate surface area is 139 Å². The van der Waals surface area contributed by atoms with Gasteiger partial charge in [-0.2, -0.15) is 5.26 Å². The lowest BCUT2D eigenvalue weighted by Crippen LogP contribution is -2.10. The molecule has 3 aromatic rings. The number of H-pyrrole nitrogens is 1. The smallest absolute Gasteiger partial charge is 0.248 e. The molecule has 24 heavy (non-hydrogen) atoms. The number of amides is 1. The van der Waals surface area contributed by atoms with E-state index in [-0.39, 0.29) is 0 Å². The van der Waals surface area contributed by atoms with Crippen molar-refractivity contribution >= 4 is 28.5 Å². The van der Waals surface area contributed by atoms with Crippen molar-refractivity contribution in [1.29, 1.82) is 5.26 Å². The van der Waals surface area contributed by atoms with Crippen LogP contribution in [0.15, 0.2) is 48.7 Å². The summed E-state index contributed by atoms with van der Waals surface area (Å²) in [5.74, 6) is 0.219. The maximum absolute atomic E-state index is 11.3. The van der Waals surface area contributed by atoms with Crippen LogP contribution in [0.2, 0.25) is 0 Å². The van der Waals surface area contributed by atoms with E-state index in [1.807, 2.05) is 24.3 Å². The SMILES string of the molecule is COc1ccc2[nH]cc(/C(C#N)=C/c3cccc(C(N)=O)c3)c2c1. The second-order valence-electron chi connectivity index (χ2n) is 5.27. The van der Waals surface area contributed by atoms with Gasteiger partial charge in [0.15, 0.2) is 0 Å².